The monoisotopic (exact) mass is 289 g/mol. The van der Waals surface area contributed by atoms with Crippen LogP contribution in [-0.2, 0) is 6.61 Å². The van der Waals surface area contributed by atoms with E-state index in [2.05, 4.69) is 0 Å². The van der Waals surface area contributed by atoms with Crippen molar-refractivity contribution in [2.75, 3.05) is 0 Å². The van der Waals surface area contributed by atoms with Crippen molar-refractivity contribution in [3.8, 4) is 11.8 Å². The quantitative estimate of drug-likeness (QED) is 0.937. The Hall–Kier alpha value is -2.45. The SMILES string of the molecule is CC(O)c1cc(F)ccc1OCc1ccc(C#N)cc1F. The van der Waals surface area contributed by atoms with Crippen LogP contribution in [0.1, 0.15) is 29.7 Å². The van der Waals surface area contributed by atoms with Crippen LogP contribution in [0.4, 0.5) is 8.78 Å². The molecule has 2 rings (SSSR count). The molecule has 3 nitrogen and oxygen atoms in total. The zero-order chi connectivity index (χ0) is 15.4. The average Bonchev–Trinajstić information content (AvgIpc) is 2.46. The molecular formula is C16H13F2NO2. The molecule has 2 aromatic carbocycles. The molecule has 0 aromatic heterocycles. The fourth-order valence-corrected chi connectivity index (χ4v) is 1.87. The first-order valence-electron chi connectivity index (χ1n) is 6.30. The summed E-state index contributed by atoms with van der Waals surface area (Å²) >= 11 is 0. The van der Waals surface area contributed by atoms with E-state index in [0.717, 1.165) is 6.07 Å². The Bertz CT molecular complexity index is 693. The van der Waals surface area contributed by atoms with Gasteiger partial charge in [-0.05, 0) is 37.3 Å². The number of aliphatic hydroxyl groups excluding tert-OH is 1. The van der Waals surface area contributed by atoms with Crippen molar-refractivity contribution >= 4 is 0 Å². The van der Waals surface area contributed by atoms with Crippen molar-refractivity contribution in [3.63, 3.8) is 0 Å². The highest BCUT2D eigenvalue weighted by Crippen LogP contribution is 2.27. The predicted molar refractivity (Wildman–Crippen MR) is 72.5 cm³/mol. The number of benzene rings is 2. The second-order valence-corrected chi connectivity index (χ2v) is 4.56. The van der Waals surface area contributed by atoms with Gasteiger partial charge in [0.2, 0.25) is 0 Å². The van der Waals surface area contributed by atoms with E-state index in [1.165, 1.54) is 37.3 Å². The normalized spacial score (nSPS) is 11.8. The maximum Gasteiger partial charge on any atom is 0.131 e. The summed E-state index contributed by atoms with van der Waals surface area (Å²) in [6, 6.07) is 9.68. The van der Waals surface area contributed by atoms with Gasteiger partial charge in [0.15, 0.2) is 0 Å². The van der Waals surface area contributed by atoms with Crippen molar-refractivity contribution in [3.05, 3.63) is 64.7 Å². The summed E-state index contributed by atoms with van der Waals surface area (Å²) < 4.78 is 32.3. The van der Waals surface area contributed by atoms with E-state index < -0.39 is 17.7 Å². The molecule has 0 radical (unpaired) electrons. The molecule has 1 N–H and O–H groups in total. The molecule has 0 heterocycles. The molecule has 5 heteroatoms. The molecule has 1 atom stereocenters. The summed E-state index contributed by atoms with van der Waals surface area (Å²) in [5.41, 5.74) is 0.793. The lowest BCUT2D eigenvalue weighted by Crippen LogP contribution is -2.03. The highest BCUT2D eigenvalue weighted by atomic mass is 19.1. The molecule has 0 saturated carbocycles. The summed E-state index contributed by atoms with van der Waals surface area (Å²) in [6.07, 6.45) is -0.901. The van der Waals surface area contributed by atoms with Crippen LogP contribution in [0, 0.1) is 23.0 Å². The lowest BCUT2D eigenvalue weighted by atomic mass is 10.1. The summed E-state index contributed by atoms with van der Waals surface area (Å²) in [5, 5.41) is 18.3. The molecule has 0 amide bonds. The Labute approximate surface area is 121 Å². The first-order valence-corrected chi connectivity index (χ1v) is 6.30. The number of rotatable bonds is 4. The molecule has 0 aliphatic rings. The minimum absolute atomic E-state index is 0.0805. The number of nitriles is 1. The summed E-state index contributed by atoms with van der Waals surface area (Å²) in [7, 11) is 0. The lowest BCUT2D eigenvalue weighted by molar-refractivity contribution is 0.189. The maximum absolute atomic E-state index is 13.7. The highest BCUT2D eigenvalue weighted by molar-refractivity contribution is 5.36. The van der Waals surface area contributed by atoms with Gasteiger partial charge in [0.25, 0.3) is 0 Å². The average molecular weight is 289 g/mol. The van der Waals surface area contributed by atoms with E-state index in [4.69, 9.17) is 10.00 Å². The minimum atomic E-state index is -0.901. The van der Waals surface area contributed by atoms with Gasteiger partial charge in [0, 0.05) is 11.1 Å². The molecule has 0 aliphatic heterocycles. The van der Waals surface area contributed by atoms with Gasteiger partial charge < -0.3 is 9.84 Å². The van der Waals surface area contributed by atoms with Crippen LogP contribution in [0.2, 0.25) is 0 Å². The van der Waals surface area contributed by atoms with Crippen molar-refractivity contribution in [2.24, 2.45) is 0 Å². The van der Waals surface area contributed by atoms with Gasteiger partial charge in [-0.2, -0.15) is 5.26 Å². The van der Waals surface area contributed by atoms with Crippen molar-refractivity contribution < 1.29 is 18.6 Å². The third-order valence-corrected chi connectivity index (χ3v) is 2.99. The topological polar surface area (TPSA) is 53.2 Å². The van der Waals surface area contributed by atoms with E-state index >= 15 is 0 Å². The van der Waals surface area contributed by atoms with Crippen molar-refractivity contribution in [1.82, 2.24) is 0 Å². The number of hydrogen-bond acceptors (Lipinski definition) is 3. The van der Waals surface area contributed by atoms with Crippen LogP contribution in [-0.4, -0.2) is 5.11 Å². The molecule has 108 valence electrons. The van der Waals surface area contributed by atoms with E-state index in [9.17, 15) is 13.9 Å². The van der Waals surface area contributed by atoms with Gasteiger partial charge >= 0.3 is 0 Å². The second kappa shape index (κ2) is 6.33. The smallest absolute Gasteiger partial charge is 0.131 e. The highest BCUT2D eigenvalue weighted by Gasteiger charge is 2.12. The van der Waals surface area contributed by atoms with Gasteiger partial charge in [-0.15, -0.1) is 0 Å². The Morgan fingerprint density at radius 1 is 1.24 bits per heavy atom. The largest absolute Gasteiger partial charge is 0.488 e. The fourth-order valence-electron chi connectivity index (χ4n) is 1.87. The maximum atomic E-state index is 13.7. The van der Waals surface area contributed by atoms with Gasteiger partial charge in [0.05, 0.1) is 17.7 Å². The molecular weight excluding hydrogens is 276 g/mol. The van der Waals surface area contributed by atoms with Crippen LogP contribution in [0.15, 0.2) is 36.4 Å². The summed E-state index contributed by atoms with van der Waals surface area (Å²) in [5.74, 6) is -0.743. The molecule has 21 heavy (non-hydrogen) atoms. The summed E-state index contributed by atoms with van der Waals surface area (Å²) in [4.78, 5) is 0. The Balaban J connectivity index is 2.19. The molecule has 0 saturated heterocycles. The lowest BCUT2D eigenvalue weighted by Gasteiger charge is -2.14. The number of ether oxygens (including phenoxy) is 1. The summed E-state index contributed by atoms with van der Waals surface area (Å²) in [6.45, 7) is 1.41. The van der Waals surface area contributed by atoms with Gasteiger partial charge in [-0.3, -0.25) is 0 Å². The van der Waals surface area contributed by atoms with Crippen LogP contribution < -0.4 is 4.74 Å². The predicted octanol–water partition coefficient (Wildman–Crippen LogP) is 3.47. The molecule has 0 fully saturated rings. The second-order valence-electron chi connectivity index (χ2n) is 4.56. The third-order valence-electron chi connectivity index (χ3n) is 2.99. The molecule has 2 aromatic rings. The molecule has 0 aliphatic carbocycles. The standard InChI is InChI=1S/C16H13F2NO2/c1-10(20)14-7-13(17)4-5-16(14)21-9-12-3-2-11(8-19)6-15(12)18/h2-7,10,20H,9H2,1H3. The number of hydrogen-bond donors (Lipinski definition) is 1. The van der Waals surface area contributed by atoms with Crippen LogP contribution in [0.5, 0.6) is 5.75 Å². The van der Waals surface area contributed by atoms with Crippen molar-refractivity contribution in [2.45, 2.75) is 19.6 Å². The van der Waals surface area contributed by atoms with Crippen LogP contribution >= 0.6 is 0 Å². The van der Waals surface area contributed by atoms with Crippen LogP contribution in [0.3, 0.4) is 0 Å². The fraction of sp³-hybridized carbons (Fsp3) is 0.188. The molecule has 1 unspecified atom stereocenters. The zero-order valence-electron chi connectivity index (χ0n) is 11.3. The Morgan fingerprint density at radius 2 is 2.00 bits per heavy atom. The van der Waals surface area contributed by atoms with Crippen molar-refractivity contribution in [1.29, 1.82) is 5.26 Å². The van der Waals surface area contributed by atoms with E-state index in [1.54, 1.807) is 0 Å². The van der Waals surface area contributed by atoms with E-state index in [-0.39, 0.29) is 23.5 Å². The third kappa shape index (κ3) is 3.56. The Morgan fingerprint density at radius 3 is 2.62 bits per heavy atom. The van der Waals surface area contributed by atoms with E-state index in [0.29, 0.717) is 5.56 Å². The number of halogens is 2. The minimum Gasteiger partial charge on any atom is -0.488 e. The van der Waals surface area contributed by atoms with E-state index in [1.807, 2.05) is 6.07 Å². The molecule has 0 bridgehead atoms. The number of nitrogens with zero attached hydrogens (tertiary/aromatic N) is 1. The Kier molecular flexibility index (Phi) is 4.51. The first-order chi connectivity index (χ1) is 10.0. The van der Waals surface area contributed by atoms with Gasteiger partial charge in [0.1, 0.15) is 24.0 Å². The molecule has 0 spiro atoms. The van der Waals surface area contributed by atoms with Gasteiger partial charge in [-0.25, -0.2) is 8.78 Å². The number of aliphatic hydroxyl groups is 1. The van der Waals surface area contributed by atoms with Gasteiger partial charge in [-0.1, -0.05) is 6.07 Å². The van der Waals surface area contributed by atoms with Crippen LogP contribution in [0.25, 0.3) is 0 Å². The first kappa shape index (κ1) is 14.9. The zero-order valence-corrected chi connectivity index (χ0v) is 11.3.